The number of nitrogens with one attached hydrogen (secondary N) is 1. The van der Waals surface area contributed by atoms with Crippen molar-refractivity contribution in [2.24, 2.45) is 0 Å². The number of aromatic nitrogens is 1. The van der Waals surface area contributed by atoms with Gasteiger partial charge in [0.25, 0.3) is 5.91 Å². The second kappa shape index (κ2) is 7.00. The summed E-state index contributed by atoms with van der Waals surface area (Å²) in [5, 5.41) is 2.87. The first-order valence-electron chi connectivity index (χ1n) is 7.52. The first-order valence-corrected chi connectivity index (χ1v) is 8.31. The van der Waals surface area contributed by atoms with E-state index in [9.17, 15) is 9.59 Å². The molecule has 1 amide bonds. The van der Waals surface area contributed by atoms with E-state index in [1.807, 2.05) is 6.07 Å². The van der Waals surface area contributed by atoms with E-state index in [1.54, 1.807) is 24.3 Å². The van der Waals surface area contributed by atoms with Crippen LogP contribution in [0, 0.1) is 0 Å². The number of nitrogens with zero attached hydrogens (tertiary/aromatic N) is 1. The van der Waals surface area contributed by atoms with Crippen molar-refractivity contribution in [2.75, 3.05) is 5.73 Å². The topological polar surface area (TPSA) is 94.3 Å². The molecular formula is C17H16BrN3O3. The molecule has 1 heterocycles. The maximum atomic E-state index is 12.5. The normalized spacial score (nSPS) is 14.7. The fourth-order valence-corrected chi connectivity index (χ4v) is 2.52. The Morgan fingerprint density at radius 2 is 2.00 bits per heavy atom. The first kappa shape index (κ1) is 16.4. The average molecular weight is 390 g/mol. The van der Waals surface area contributed by atoms with Gasteiger partial charge in [0.15, 0.2) is 0 Å². The van der Waals surface area contributed by atoms with Gasteiger partial charge < -0.3 is 15.8 Å². The Bertz CT molecular complexity index is 763. The molecule has 1 saturated carbocycles. The lowest BCUT2D eigenvalue weighted by atomic mass is 10.1. The minimum absolute atomic E-state index is 0.164. The number of rotatable bonds is 5. The second-order valence-corrected chi connectivity index (χ2v) is 6.39. The lowest BCUT2D eigenvalue weighted by molar-refractivity contribution is -0.130. The lowest BCUT2D eigenvalue weighted by Crippen LogP contribution is -2.33. The zero-order valence-corrected chi connectivity index (χ0v) is 14.3. The molecule has 3 N–H and O–H groups in total. The van der Waals surface area contributed by atoms with Crippen molar-refractivity contribution in [3.8, 4) is 0 Å². The molecule has 1 aromatic carbocycles. The predicted octanol–water partition coefficient (Wildman–Crippen LogP) is 2.60. The van der Waals surface area contributed by atoms with Gasteiger partial charge in [0.1, 0.15) is 4.60 Å². The van der Waals surface area contributed by atoms with Crippen LogP contribution in [0.2, 0.25) is 0 Å². The summed E-state index contributed by atoms with van der Waals surface area (Å²) in [6.07, 6.45) is 2.24. The van der Waals surface area contributed by atoms with Gasteiger partial charge in [-0.3, -0.25) is 4.79 Å². The highest BCUT2D eigenvalue weighted by Crippen LogP contribution is 2.25. The van der Waals surface area contributed by atoms with Gasteiger partial charge in [0, 0.05) is 11.6 Å². The number of hydrogen-bond acceptors (Lipinski definition) is 5. The number of anilines is 1. The van der Waals surface area contributed by atoms with Crippen LogP contribution >= 0.6 is 15.9 Å². The summed E-state index contributed by atoms with van der Waals surface area (Å²) in [5.41, 5.74) is 6.75. The molecule has 1 aliphatic rings. The summed E-state index contributed by atoms with van der Waals surface area (Å²) in [6, 6.07) is 10.5. The number of nitrogen functional groups attached to an aromatic ring is 1. The molecule has 2 aromatic rings. The number of halogens is 1. The van der Waals surface area contributed by atoms with E-state index in [4.69, 9.17) is 10.5 Å². The van der Waals surface area contributed by atoms with E-state index in [2.05, 4.69) is 26.2 Å². The molecule has 0 spiro atoms. The number of esters is 1. The third-order valence-corrected chi connectivity index (χ3v) is 4.04. The zero-order valence-electron chi connectivity index (χ0n) is 12.7. The Hall–Kier alpha value is -2.41. The fraction of sp³-hybridized carbons (Fsp3) is 0.235. The number of ether oxygens (including phenoxy) is 1. The highest BCUT2D eigenvalue weighted by atomic mass is 79.9. The molecule has 0 radical (unpaired) electrons. The fourth-order valence-electron chi connectivity index (χ4n) is 2.19. The molecule has 124 valence electrons. The summed E-state index contributed by atoms with van der Waals surface area (Å²) in [4.78, 5) is 28.9. The number of carbonyl (C=O) groups excluding carboxylic acids is 2. The summed E-state index contributed by atoms with van der Waals surface area (Å²) >= 11 is 3.19. The molecule has 0 saturated heterocycles. The van der Waals surface area contributed by atoms with Crippen molar-refractivity contribution >= 4 is 33.5 Å². The molecule has 1 aromatic heterocycles. The summed E-state index contributed by atoms with van der Waals surface area (Å²) in [6.45, 7) is 0. The number of amides is 1. The van der Waals surface area contributed by atoms with Crippen LogP contribution in [-0.4, -0.2) is 22.9 Å². The SMILES string of the molecule is Nc1cnc(Br)cc1C(=O)O[C@@H](C(=O)NC1CC1)c1ccccc1. The van der Waals surface area contributed by atoms with Crippen molar-refractivity contribution in [1.29, 1.82) is 0 Å². The van der Waals surface area contributed by atoms with Crippen LogP contribution < -0.4 is 11.1 Å². The Morgan fingerprint density at radius 1 is 1.29 bits per heavy atom. The van der Waals surface area contributed by atoms with Crippen LogP contribution in [0.15, 0.2) is 47.2 Å². The van der Waals surface area contributed by atoms with Crippen molar-refractivity contribution in [3.63, 3.8) is 0 Å². The van der Waals surface area contributed by atoms with Crippen LogP contribution in [0.5, 0.6) is 0 Å². The molecule has 24 heavy (non-hydrogen) atoms. The summed E-state index contributed by atoms with van der Waals surface area (Å²) in [5.74, 6) is -1.00. The van der Waals surface area contributed by atoms with Crippen LogP contribution in [0.1, 0.15) is 34.9 Å². The lowest BCUT2D eigenvalue weighted by Gasteiger charge is -2.18. The number of pyridine rings is 1. The monoisotopic (exact) mass is 389 g/mol. The summed E-state index contributed by atoms with van der Waals surface area (Å²) in [7, 11) is 0. The first-order chi connectivity index (χ1) is 11.5. The molecule has 1 atom stereocenters. The molecular weight excluding hydrogens is 374 g/mol. The Balaban J connectivity index is 1.84. The molecule has 0 bridgehead atoms. The number of benzene rings is 1. The van der Waals surface area contributed by atoms with E-state index in [1.165, 1.54) is 12.3 Å². The van der Waals surface area contributed by atoms with Gasteiger partial charge in [-0.05, 0) is 34.8 Å². The Kier molecular flexibility index (Phi) is 4.80. The highest BCUT2D eigenvalue weighted by molar-refractivity contribution is 9.10. The van der Waals surface area contributed by atoms with Crippen LogP contribution in [0.25, 0.3) is 0 Å². The van der Waals surface area contributed by atoms with Crippen molar-refractivity contribution in [3.05, 3.63) is 58.3 Å². The van der Waals surface area contributed by atoms with Crippen LogP contribution in [-0.2, 0) is 9.53 Å². The second-order valence-electron chi connectivity index (χ2n) is 5.57. The van der Waals surface area contributed by atoms with Crippen LogP contribution in [0.4, 0.5) is 5.69 Å². The zero-order chi connectivity index (χ0) is 17.1. The quantitative estimate of drug-likeness (QED) is 0.605. The van der Waals surface area contributed by atoms with Crippen molar-refractivity contribution in [2.45, 2.75) is 25.0 Å². The number of nitrogens with two attached hydrogens (primary N) is 1. The Labute approximate surface area is 147 Å². The van der Waals surface area contributed by atoms with Crippen molar-refractivity contribution in [1.82, 2.24) is 10.3 Å². The van der Waals surface area contributed by atoms with Gasteiger partial charge in [0.2, 0.25) is 6.10 Å². The van der Waals surface area contributed by atoms with Gasteiger partial charge in [-0.25, -0.2) is 9.78 Å². The van der Waals surface area contributed by atoms with E-state index in [0.29, 0.717) is 10.2 Å². The molecule has 3 rings (SSSR count). The maximum absolute atomic E-state index is 12.5. The average Bonchev–Trinajstić information content (AvgIpc) is 3.39. The molecule has 7 heteroatoms. The summed E-state index contributed by atoms with van der Waals surface area (Å²) < 4.78 is 5.93. The van der Waals surface area contributed by atoms with Gasteiger partial charge >= 0.3 is 5.97 Å². The molecule has 1 fully saturated rings. The minimum atomic E-state index is -1.02. The highest BCUT2D eigenvalue weighted by Gasteiger charge is 2.31. The molecule has 0 unspecified atom stereocenters. The molecule has 6 nitrogen and oxygen atoms in total. The molecule has 0 aliphatic heterocycles. The maximum Gasteiger partial charge on any atom is 0.341 e. The largest absolute Gasteiger partial charge is 0.444 e. The van der Waals surface area contributed by atoms with Gasteiger partial charge in [-0.1, -0.05) is 30.3 Å². The van der Waals surface area contributed by atoms with E-state index in [-0.39, 0.29) is 23.2 Å². The van der Waals surface area contributed by atoms with Crippen molar-refractivity contribution < 1.29 is 14.3 Å². The third-order valence-electron chi connectivity index (χ3n) is 3.61. The molecule has 1 aliphatic carbocycles. The minimum Gasteiger partial charge on any atom is -0.444 e. The Morgan fingerprint density at radius 3 is 2.67 bits per heavy atom. The van der Waals surface area contributed by atoms with Crippen LogP contribution in [0.3, 0.4) is 0 Å². The van der Waals surface area contributed by atoms with Gasteiger partial charge in [-0.2, -0.15) is 0 Å². The third kappa shape index (κ3) is 3.91. The standard InChI is InChI=1S/C17H16BrN3O3/c18-14-8-12(13(19)9-20-14)17(23)24-15(10-4-2-1-3-5-10)16(22)21-11-6-7-11/h1-5,8-9,11,15H,6-7,19H2,(H,21,22)/t15-/m1/s1. The van der Waals surface area contributed by atoms with Gasteiger partial charge in [-0.15, -0.1) is 0 Å². The van der Waals surface area contributed by atoms with E-state index in [0.717, 1.165) is 12.8 Å². The smallest absolute Gasteiger partial charge is 0.341 e. The van der Waals surface area contributed by atoms with E-state index >= 15 is 0 Å². The predicted molar refractivity (Wildman–Crippen MR) is 92.1 cm³/mol. The number of hydrogen-bond donors (Lipinski definition) is 2. The number of carbonyl (C=O) groups is 2. The van der Waals surface area contributed by atoms with E-state index < -0.39 is 12.1 Å². The van der Waals surface area contributed by atoms with Gasteiger partial charge in [0.05, 0.1) is 17.4 Å².